The molecule has 116 valence electrons. The molecule has 2 amide bonds. The first-order valence-electron chi connectivity index (χ1n) is 7.82. The van der Waals surface area contributed by atoms with Gasteiger partial charge in [0.2, 0.25) is 11.8 Å². The summed E-state index contributed by atoms with van der Waals surface area (Å²) in [4.78, 5) is 28.4. The molecule has 2 aromatic rings. The Bertz CT molecular complexity index is 782. The smallest absolute Gasteiger partial charge is 0.235 e. The fourth-order valence-corrected chi connectivity index (χ4v) is 3.38. The summed E-state index contributed by atoms with van der Waals surface area (Å²) in [6.45, 7) is 0. The summed E-state index contributed by atoms with van der Waals surface area (Å²) in [6.07, 6.45) is 6.60. The maximum Gasteiger partial charge on any atom is 0.235 e. The average Bonchev–Trinajstić information content (AvgIpc) is 2.86. The third-order valence-corrected chi connectivity index (χ3v) is 4.84. The number of fused-ring (bicyclic) bond motifs is 1. The lowest BCUT2D eigenvalue weighted by Crippen LogP contribution is -2.46. The number of pyridine rings is 1. The highest BCUT2D eigenvalue weighted by Gasteiger charge is 2.45. The van der Waals surface area contributed by atoms with Crippen molar-refractivity contribution in [3.05, 3.63) is 53.9 Å². The maximum atomic E-state index is 12.9. The van der Waals surface area contributed by atoms with Crippen molar-refractivity contribution >= 4 is 23.2 Å². The van der Waals surface area contributed by atoms with Crippen LogP contribution in [0, 0.1) is 0 Å². The summed E-state index contributed by atoms with van der Waals surface area (Å²) in [6, 6.07) is 9.39. The first kappa shape index (κ1) is 13.9. The Balaban J connectivity index is 1.58. The van der Waals surface area contributed by atoms with Gasteiger partial charge in [0.25, 0.3) is 0 Å². The zero-order valence-electron chi connectivity index (χ0n) is 12.6. The molecular weight excluding hydrogens is 290 g/mol. The van der Waals surface area contributed by atoms with Crippen LogP contribution in [0.2, 0.25) is 0 Å². The van der Waals surface area contributed by atoms with Crippen molar-refractivity contribution in [2.45, 2.75) is 31.1 Å². The molecule has 1 fully saturated rings. The molecule has 1 aliphatic carbocycles. The molecule has 1 aromatic heterocycles. The lowest BCUT2D eigenvalue weighted by atomic mass is 9.64. The van der Waals surface area contributed by atoms with Gasteiger partial charge >= 0.3 is 0 Å². The van der Waals surface area contributed by atoms with Crippen molar-refractivity contribution < 1.29 is 9.59 Å². The molecule has 1 aromatic carbocycles. The van der Waals surface area contributed by atoms with Crippen LogP contribution < -0.4 is 10.6 Å². The van der Waals surface area contributed by atoms with Crippen LogP contribution in [0.15, 0.2) is 42.7 Å². The molecule has 2 N–H and O–H groups in total. The molecule has 0 unspecified atom stereocenters. The van der Waals surface area contributed by atoms with Crippen LogP contribution >= 0.6 is 0 Å². The average molecular weight is 307 g/mol. The van der Waals surface area contributed by atoms with Gasteiger partial charge in [-0.05, 0) is 48.2 Å². The van der Waals surface area contributed by atoms with Crippen LogP contribution in [0.4, 0.5) is 11.4 Å². The lowest BCUT2D eigenvalue weighted by Gasteiger charge is -2.40. The Kier molecular flexibility index (Phi) is 3.15. The van der Waals surface area contributed by atoms with Crippen molar-refractivity contribution in [2.24, 2.45) is 0 Å². The SMILES string of the molecule is O=C1Cc2cc(NC(=O)C3(c4cccnc4)CCC3)ccc2N1. The van der Waals surface area contributed by atoms with E-state index in [0.29, 0.717) is 6.42 Å². The number of rotatable bonds is 3. The monoisotopic (exact) mass is 307 g/mol. The highest BCUT2D eigenvalue weighted by molar-refractivity contribution is 6.02. The predicted molar refractivity (Wildman–Crippen MR) is 87.2 cm³/mol. The summed E-state index contributed by atoms with van der Waals surface area (Å²) >= 11 is 0. The summed E-state index contributed by atoms with van der Waals surface area (Å²) in [5, 5.41) is 5.82. The third-order valence-electron chi connectivity index (χ3n) is 4.84. The number of carbonyl (C=O) groups excluding carboxylic acids is 2. The Morgan fingerprint density at radius 2 is 2.13 bits per heavy atom. The van der Waals surface area contributed by atoms with Gasteiger partial charge in [0.1, 0.15) is 0 Å². The van der Waals surface area contributed by atoms with Crippen LogP contribution in [0.25, 0.3) is 0 Å². The van der Waals surface area contributed by atoms with Gasteiger partial charge in [-0.25, -0.2) is 0 Å². The molecule has 5 nitrogen and oxygen atoms in total. The summed E-state index contributed by atoms with van der Waals surface area (Å²) < 4.78 is 0. The summed E-state index contributed by atoms with van der Waals surface area (Å²) in [5.41, 5.74) is 3.00. The Morgan fingerprint density at radius 3 is 2.83 bits per heavy atom. The Labute approximate surface area is 134 Å². The predicted octanol–water partition coefficient (Wildman–Crippen LogP) is 2.64. The van der Waals surface area contributed by atoms with Gasteiger partial charge in [0.15, 0.2) is 0 Å². The molecule has 2 aliphatic rings. The highest BCUT2D eigenvalue weighted by atomic mass is 16.2. The van der Waals surface area contributed by atoms with Gasteiger partial charge < -0.3 is 10.6 Å². The molecule has 2 heterocycles. The van der Waals surface area contributed by atoms with E-state index in [0.717, 1.165) is 41.8 Å². The van der Waals surface area contributed by atoms with Crippen molar-refractivity contribution in [2.75, 3.05) is 10.6 Å². The number of nitrogens with one attached hydrogen (secondary N) is 2. The van der Waals surface area contributed by atoms with E-state index < -0.39 is 5.41 Å². The topological polar surface area (TPSA) is 71.1 Å². The number of anilines is 2. The van der Waals surface area contributed by atoms with Gasteiger partial charge in [-0.1, -0.05) is 12.5 Å². The third kappa shape index (κ3) is 2.29. The number of hydrogen-bond acceptors (Lipinski definition) is 3. The summed E-state index contributed by atoms with van der Waals surface area (Å²) in [7, 11) is 0. The van der Waals surface area contributed by atoms with Crippen LogP contribution in [0.5, 0.6) is 0 Å². The van der Waals surface area contributed by atoms with Gasteiger partial charge in [-0.15, -0.1) is 0 Å². The molecular formula is C18H17N3O2. The molecule has 5 heteroatoms. The minimum Gasteiger partial charge on any atom is -0.326 e. The van der Waals surface area contributed by atoms with Crippen molar-refractivity contribution in [1.82, 2.24) is 4.98 Å². The lowest BCUT2D eigenvalue weighted by molar-refractivity contribution is -0.124. The van der Waals surface area contributed by atoms with E-state index in [1.165, 1.54) is 0 Å². The molecule has 1 aliphatic heterocycles. The second-order valence-electron chi connectivity index (χ2n) is 6.23. The Morgan fingerprint density at radius 1 is 1.26 bits per heavy atom. The normalized spacial score (nSPS) is 17.8. The second kappa shape index (κ2) is 5.19. The van der Waals surface area contributed by atoms with Crippen LogP contribution in [0.1, 0.15) is 30.4 Å². The number of amides is 2. The largest absolute Gasteiger partial charge is 0.326 e. The van der Waals surface area contributed by atoms with Gasteiger partial charge in [-0.3, -0.25) is 14.6 Å². The van der Waals surface area contributed by atoms with E-state index in [2.05, 4.69) is 15.6 Å². The van der Waals surface area contributed by atoms with E-state index in [4.69, 9.17) is 0 Å². The van der Waals surface area contributed by atoms with Crippen molar-refractivity contribution in [3.8, 4) is 0 Å². The zero-order valence-corrected chi connectivity index (χ0v) is 12.6. The summed E-state index contributed by atoms with van der Waals surface area (Å²) in [5.74, 6) is 0.00304. The minimum absolute atomic E-state index is 0.00528. The van der Waals surface area contributed by atoms with E-state index in [1.54, 1.807) is 12.4 Å². The maximum absolute atomic E-state index is 12.9. The first-order valence-corrected chi connectivity index (χ1v) is 7.82. The first-order chi connectivity index (χ1) is 11.2. The van der Waals surface area contributed by atoms with Crippen molar-refractivity contribution in [3.63, 3.8) is 0 Å². The molecule has 0 radical (unpaired) electrons. The number of hydrogen-bond donors (Lipinski definition) is 2. The van der Waals surface area contributed by atoms with Gasteiger partial charge in [0.05, 0.1) is 11.8 Å². The molecule has 0 bridgehead atoms. The number of carbonyl (C=O) groups is 2. The molecule has 0 saturated heterocycles. The molecule has 4 rings (SSSR count). The van der Waals surface area contributed by atoms with E-state index >= 15 is 0 Å². The van der Waals surface area contributed by atoms with E-state index in [-0.39, 0.29) is 11.8 Å². The molecule has 0 atom stereocenters. The van der Waals surface area contributed by atoms with Gasteiger partial charge in [-0.2, -0.15) is 0 Å². The van der Waals surface area contributed by atoms with Gasteiger partial charge in [0, 0.05) is 23.8 Å². The standard InChI is InChI=1S/C18H17N3O2/c22-16-10-12-9-14(4-5-15(12)21-16)20-17(23)18(6-2-7-18)13-3-1-8-19-11-13/h1,3-5,8-9,11H,2,6-7,10H2,(H,20,23)(H,21,22). The number of nitrogens with zero attached hydrogens (tertiary/aromatic N) is 1. The quantitative estimate of drug-likeness (QED) is 0.915. The number of benzene rings is 1. The fourth-order valence-electron chi connectivity index (χ4n) is 3.38. The molecule has 0 spiro atoms. The Hall–Kier alpha value is -2.69. The number of aromatic nitrogens is 1. The second-order valence-corrected chi connectivity index (χ2v) is 6.23. The van der Waals surface area contributed by atoms with Crippen molar-refractivity contribution in [1.29, 1.82) is 0 Å². The molecule has 23 heavy (non-hydrogen) atoms. The van der Waals surface area contributed by atoms with E-state index in [1.807, 2.05) is 30.3 Å². The zero-order chi connectivity index (χ0) is 15.9. The van der Waals surface area contributed by atoms with Crippen LogP contribution in [-0.4, -0.2) is 16.8 Å². The van der Waals surface area contributed by atoms with Crippen LogP contribution in [0.3, 0.4) is 0 Å². The minimum atomic E-state index is -0.471. The fraction of sp³-hybridized carbons (Fsp3) is 0.278. The highest BCUT2D eigenvalue weighted by Crippen LogP contribution is 2.44. The molecule has 1 saturated carbocycles. The van der Waals surface area contributed by atoms with Crippen LogP contribution in [-0.2, 0) is 21.4 Å². The van der Waals surface area contributed by atoms with E-state index in [9.17, 15) is 9.59 Å².